The number of aliphatic carboxylic acids is 1. The van der Waals surface area contributed by atoms with Gasteiger partial charge in [-0.15, -0.1) is 0 Å². The third kappa shape index (κ3) is 2.97. The number of carbonyl (C=O) groups is 1. The highest BCUT2D eigenvalue weighted by Crippen LogP contribution is 2.27. The van der Waals surface area contributed by atoms with Gasteiger partial charge >= 0.3 is 5.97 Å². The number of carboxylic acids is 1. The van der Waals surface area contributed by atoms with Gasteiger partial charge in [0.25, 0.3) is 0 Å². The van der Waals surface area contributed by atoms with E-state index in [1.807, 2.05) is 0 Å². The molecule has 0 amide bonds. The number of hydrogen-bond donors (Lipinski definition) is 1. The van der Waals surface area contributed by atoms with E-state index in [4.69, 9.17) is 16.7 Å². The topological polar surface area (TPSA) is 74.7 Å². The monoisotopic (exact) mass is 317 g/mol. The van der Waals surface area contributed by atoms with E-state index >= 15 is 0 Å². The predicted molar refractivity (Wildman–Crippen MR) is 75.3 cm³/mol. The SMILES string of the molecule is Cc1cc(Cl)ccc1S(=O)(=O)N1CCC[C@H](C(=O)O)C1. The zero-order valence-electron chi connectivity index (χ0n) is 11.0. The maximum atomic E-state index is 12.6. The van der Waals surface area contributed by atoms with E-state index in [1.165, 1.54) is 16.4 Å². The maximum Gasteiger partial charge on any atom is 0.307 e. The predicted octanol–water partition coefficient (Wildman–Crippen LogP) is 2.13. The van der Waals surface area contributed by atoms with E-state index < -0.39 is 21.9 Å². The van der Waals surface area contributed by atoms with Crippen molar-refractivity contribution >= 4 is 27.6 Å². The van der Waals surface area contributed by atoms with Gasteiger partial charge in [0, 0.05) is 18.1 Å². The lowest BCUT2D eigenvalue weighted by atomic mass is 10.0. The molecule has 0 spiro atoms. The van der Waals surface area contributed by atoms with Crippen LogP contribution >= 0.6 is 11.6 Å². The fourth-order valence-electron chi connectivity index (χ4n) is 2.40. The smallest absolute Gasteiger partial charge is 0.307 e. The van der Waals surface area contributed by atoms with E-state index in [2.05, 4.69) is 0 Å². The first-order valence-electron chi connectivity index (χ1n) is 6.31. The van der Waals surface area contributed by atoms with Crippen molar-refractivity contribution in [2.45, 2.75) is 24.7 Å². The van der Waals surface area contributed by atoms with Crippen LogP contribution in [0, 0.1) is 12.8 Å². The fourth-order valence-corrected chi connectivity index (χ4v) is 4.36. The molecule has 5 nitrogen and oxygen atoms in total. The lowest BCUT2D eigenvalue weighted by Crippen LogP contribution is -2.42. The average Bonchev–Trinajstić information content (AvgIpc) is 2.38. The molecule has 7 heteroatoms. The highest BCUT2D eigenvalue weighted by atomic mass is 35.5. The molecule has 1 aromatic carbocycles. The van der Waals surface area contributed by atoms with Crippen molar-refractivity contribution in [2.24, 2.45) is 5.92 Å². The summed E-state index contributed by atoms with van der Waals surface area (Å²) >= 11 is 5.83. The van der Waals surface area contributed by atoms with Crippen LogP contribution in [0.25, 0.3) is 0 Å². The lowest BCUT2D eigenvalue weighted by molar-refractivity contribution is -0.142. The average molecular weight is 318 g/mol. The third-order valence-electron chi connectivity index (χ3n) is 3.49. The Morgan fingerprint density at radius 1 is 1.45 bits per heavy atom. The molecule has 1 fully saturated rings. The van der Waals surface area contributed by atoms with Crippen molar-refractivity contribution < 1.29 is 18.3 Å². The maximum absolute atomic E-state index is 12.6. The molecule has 0 bridgehead atoms. The molecule has 0 aromatic heterocycles. The van der Waals surface area contributed by atoms with Crippen LogP contribution in [0.15, 0.2) is 23.1 Å². The Morgan fingerprint density at radius 3 is 2.75 bits per heavy atom. The molecule has 1 aliphatic rings. The number of halogens is 1. The third-order valence-corrected chi connectivity index (χ3v) is 5.75. The minimum Gasteiger partial charge on any atom is -0.481 e. The molecule has 20 heavy (non-hydrogen) atoms. The van der Waals surface area contributed by atoms with E-state index in [-0.39, 0.29) is 11.4 Å². The number of nitrogens with zero attached hydrogens (tertiary/aromatic N) is 1. The summed E-state index contributed by atoms with van der Waals surface area (Å²) in [4.78, 5) is 11.2. The van der Waals surface area contributed by atoms with Gasteiger partial charge in [-0.05, 0) is 43.5 Å². The van der Waals surface area contributed by atoms with Gasteiger partial charge in [-0.2, -0.15) is 4.31 Å². The van der Waals surface area contributed by atoms with Crippen LogP contribution < -0.4 is 0 Å². The number of rotatable bonds is 3. The normalized spacial score (nSPS) is 20.8. The van der Waals surface area contributed by atoms with E-state index in [9.17, 15) is 13.2 Å². The Morgan fingerprint density at radius 2 is 2.15 bits per heavy atom. The number of aryl methyl sites for hydroxylation is 1. The Labute approximate surface area is 123 Å². The van der Waals surface area contributed by atoms with Gasteiger partial charge in [-0.25, -0.2) is 8.42 Å². The summed E-state index contributed by atoms with van der Waals surface area (Å²) in [6, 6.07) is 4.59. The lowest BCUT2D eigenvalue weighted by Gasteiger charge is -2.30. The summed E-state index contributed by atoms with van der Waals surface area (Å²) in [5.41, 5.74) is 0.565. The van der Waals surface area contributed by atoms with Crippen molar-refractivity contribution in [3.8, 4) is 0 Å². The zero-order chi connectivity index (χ0) is 14.9. The van der Waals surface area contributed by atoms with Crippen LogP contribution in [0.5, 0.6) is 0 Å². The largest absolute Gasteiger partial charge is 0.481 e. The highest BCUT2D eigenvalue weighted by molar-refractivity contribution is 7.89. The molecule has 0 radical (unpaired) electrons. The Hall–Kier alpha value is -1.11. The van der Waals surface area contributed by atoms with Crippen LogP contribution in [0.2, 0.25) is 5.02 Å². The highest BCUT2D eigenvalue weighted by Gasteiger charge is 2.33. The van der Waals surface area contributed by atoms with Crippen molar-refractivity contribution in [2.75, 3.05) is 13.1 Å². The number of benzene rings is 1. The van der Waals surface area contributed by atoms with Gasteiger partial charge in [-0.1, -0.05) is 11.6 Å². The van der Waals surface area contributed by atoms with Gasteiger partial charge in [0.15, 0.2) is 0 Å². The molecular formula is C13H16ClNO4S. The first-order valence-corrected chi connectivity index (χ1v) is 8.13. The van der Waals surface area contributed by atoms with Crippen molar-refractivity contribution in [3.63, 3.8) is 0 Å². The molecule has 110 valence electrons. The molecule has 1 heterocycles. The van der Waals surface area contributed by atoms with Gasteiger partial charge in [-0.3, -0.25) is 4.79 Å². The summed E-state index contributed by atoms with van der Waals surface area (Å²) in [6.45, 7) is 2.06. The zero-order valence-corrected chi connectivity index (χ0v) is 12.6. The molecule has 0 unspecified atom stereocenters. The van der Waals surface area contributed by atoms with Crippen LogP contribution in [-0.2, 0) is 14.8 Å². The molecule has 0 saturated carbocycles. The molecule has 2 rings (SSSR count). The van der Waals surface area contributed by atoms with Crippen molar-refractivity contribution in [3.05, 3.63) is 28.8 Å². The molecular weight excluding hydrogens is 302 g/mol. The Kier molecular flexibility index (Phi) is 4.36. The minimum absolute atomic E-state index is 0.0275. The molecule has 1 aromatic rings. The van der Waals surface area contributed by atoms with E-state index in [1.54, 1.807) is 13.0 Å². The molecule has 1 aliphatic heterocycles. The second-order valence-electron chi connectivity index (χ2n) is 4.95. The summed E-state index contributed by atoms with van der Waals surface area (Å²) in [5.74, 6) is -1.58. The quantitative estimate of drug-likeness (QED) is 0.926. The first kappa shape index (κ1) is 15.3. The molecule has 1 saturated heterocycles. The number of hydrogen-bond acceptors (Lipinski definition) is 3. The second-order valence-corrected chi connectivity index (χ2v) is 7.29. The standard InChI is InChI=1S/C13H16ClNO4S/c1-9-7-11(14)4-5-12(9)20(18,19)15-6-2-3-10(8-15)13(16)17/h4-5,7,10H,2-3,6,8H2,1H3,(H,16,17)/t10-/m0/s1. The van der Waals surface area contributed by atoms with Gasteiger partial charge in [0.1, 0.15) is 0 Å². The van der Waals surface area contributed by atoms with Crippen molar-refractivity contribution in [1.29, 1.82) is 0 Å². The number of sulfonamides is 1. The van der Waals surface area contributed by atoms with Gasteiger partial charge in [0.05, 0.1) is 10.8 Å². The minimum atomic E-state index is -3.66. The van der Waals surface area contributed by atoms with Crippen LogP contribution in [-0.4, -0.2) is 36.9 Å². The van der Waals surface area contributed by atoms with E-state index in [0.29, 0.717) is 30.0 Å². The number of piperidine rings is 1. The van der Waals surface area contributed by atoms with Crippen LogP contribution in [0.3, 0.4) is 0 Å². The first-order chi connectivity index (χ1) is 9.32. The van der Waals surface area contributed by atoms with Crippen molar-refractivity contribution in [1.82, 2.24) is 4.31 Å². The molecule has 0 aliphatic carbocycles. The number of carboxylic acid groups (broad SMARTS) is 1. The van der Waals surface area contributed by atoms with Crippen LogP contribution in [0.1, 0.15) is 18.4 Å². The van der Waals surface area contributed by atoms with Gasteiger partial charge in [0.2, 0.25) is 10.0 Å². The van der Waals surface area contributed by atoms with E-state index in [0.717, 1.165) is 0 Å². The summed E-state index contributed by atoms with van der Waals surface area (Å²) in [6.07, 6.45) is 1.07. The summed E-state index contributed by atoms with van der Waals surface area (Å²) in [7, 11) is -3.66. The molecule has 1 N–H and O–H groups in total. The van der Waals surface area contributed by atoms with Gasteiger partial charge < -0.3 is 5.11 Å². The molecule has 1 atom stereocenters. The summed E-state index contributed by atoms with van der Waals surface area (Å²) in [5, 5.41) is 9.52. The Balaban J connectivity index is 2.32. The Bertz CT molecular complexity index is 629. The summed E-state index contributed by atoms with van der Waals surface area (Å²) < 4.78 is 26.4. The van der Waals surface area contributed by atoms with Crippen LogP contribution in [0.4, 0.5) is 0 Å². The fraction of sp³-hybridized carbons (Fsp3) is 0.462. The second kappa shape index (κ2) is 5.71.